The van der Waals surface area contributed by atoms with Crippen molar-refractivity contribution in [2.75, 3.05) is 6.54 Å². The minimum absolute atomic E-state index is 0.0621. The molecule has 1 aromatic carbocycles. The van der Waals surface area contributed by atoms with Gasteiger partial charge in [0, 0.05) is 48.9 Å². The molecule has 0 bridgehead atoms. The number of halogens is 1. The predicted molar refractivity (Wildman–Crippen MR) is 120 cm³/mol. The smallest absolute Gasteiger partial charge is 0.274 e. The molecular formula is C23H25ClN4OS. The first-order valence-electron chi connectivity index (χ1n) is 10.5. The lowest BCUT2D eigenvalue weighted by molar-refractivity contribution is 0.0726. The third-order valence-electron chi connectivity index (χ3n) is 6.27. The number of nitrogens with one attached hydrogen (secondary N) is 1. The third kappa shape index (κ3) is 3.80. The minimum Gasteiger partial charge on any atom is -0.333 e. The first kappa shape index (κ1) is 19.8. The molecule has 1 aliphatic carbocycles. The van der Waals surface area contributed by atoms with Crippen LogP contribution in [-0.2, 0) is 39.4 Å². The average Bonchev–Trinajstić information content (AvgIpc) is 3.34. The Kier molecular flexibility index (Phi) is 5.39. The van der Waals surface area contributed by atoms with Crippen LogP contribution < -0.4 is 5.32 Å². The molecule has 2 aromatic heterocycles. The maximum atomic E-state index is 13.4. The molecule has 3 heterocycles. The molecule has 5 rings (SSSR count). The zero-order valence-corrected chi connectivity index (χ0v) is 18.6. The number of carbonyl (C=O) groups is 1. The van der Waals surface area contributed by atoms with E-state index in [4.69, 9.17) is 11.6 Å². The summed E-state index contributed by atoms with van der Waals surface area (Å²) in [6.07, 6.45) is 3.74. The molecule has 3 aromatic rings. The van der Waals surface area contributed by atoms with Gasteiger partial charge in [0.1, 0.15) is 0 Å². The summed E-state index contributed by atoms with van der Waals surface area (Å²) in [5.41, 5.74) is 5.55. The number of aromatic nitrogens is 2. The van der Waals surface area contributed by atoms with E-state index in [9.17, 15) is 4.79 Å². The van der Waals surface area contributed by atoms with Gasteiger partial charge in [0.2, 0.25) is 0 Å². The number of hydrogen-bond acceptors (Lipinski definition) is 4. The van der Waals surface area contributed by atoms with Crippen LogP contribution in [0.2, 0.25) is 4.34 Å². The van der Waals surface area contributed by atoms with E-state index < -0.39 is 0 Å². The highest BCUT2D eigenvalue weighted by Gasteiger charge is 2.31. The van der Waals surface area contributed by atoms with Crippen LogP contribution in [-0.4, -0.2) is 33.2 Å². The molecule has 0 radical (unpaired) electrons. The van der Waals surface area contributed by atoms with Gasteiger partial charge < -0.3 is 10.2 Å². The number of aryl methyl sites for hydroxylation is 1. The van der Waals surface area contributed by atoms with E-state index in [0.29, 0.717) is 18.3 Å². The number of carbonyl (C=O) groups excluding carboxylic acids is 1. The number of thiophene rings is 1. The van der Waals surface area contributed by atoms with E-state index in [1.807, 2.05) is 28.8 Å². The Morgan fingerprint density at radius 1 is 1.23 bits per heavy atom. The highest BCUT2D eigenvalue weighted by Crippen LogP contribution is 2.28. The topological polar surface area (TPSA) is 50.2 Å². The fourth-order valence-corrected chi connectivity index (χ4v) is 5.68. The zero-order valence-electron chi connectivity index (χ0n) is 17.0. The van der Waals surface area contributed by atoms with Gasteiger partial charge in [-0.2, -0.15) is 5.10 Å². The lowest BCUT2D eigenvalue weighted by Crippen LogP contribution is -2.38. The number of nitrogens with zero attached hydrogens (tertiary/aromatic N) is 3. The number of fused-ring (bicyclic) bond motifs is 2. The highest BCUT2D eigenvalue weighted by atomic mass is 35.5. The molecule has 5 nitrogen and oxygen atoms in total. The maximum Gasteiger partial charge on any atom is 0.274 e. The Morgan fingerprint density at radius 3 is 2.87 bits per heavy atom. The number of rotatable bonds is 4. The van der Waals surface area contributed by atoms with Crippen LogP contribution in [0, 0.1) is 0 Å². The van der Waals surface area contributed by atoms with Crippen molar-refractivity contribution in [1.29, 1.82) is 0 Å². The van der Waals surface area contributed by atoms with Crippen molar-refractivity contribution in [3.8, 4) is 0 Å². The van der Waals surface area contributed by atoms with Gasteiger partial charge >= 0.3 is 0 Å². The summed E-state index contributed by atoms with van der Waals surface area (Å²) in [5.74, 6) is 0.0621. The molecule has 1 amide bonds. The first-order chi connectivity index (χ1) is 14.6. The molecule has 0 spiro atoms. The van der Waals surface area contributed by atoms with Gasteiger partial charge in [-0.1, -0.05) is 35.9 Å². The molecule has 1 atom stereocenters. The van der Waals surface area contributed by atoms with E-state index in [1.54, 1.807) is 11.3 Å². The monoisotopic (exact) mass is 440 g/mol. The van der Waals surface area contributed by atoms with Crippen molar-refractivity contribution in [3.05, 3.63) is 73.7 Å². The Bertz CT molecular complexity index is 1090. The second kappa shape index (κ2) is 8.17. The van der Waals surface area contributed by atoms with Gasteiger partial charge in [0.05, 0.1) is 4.34 Å². The fourth-order valence-electron chi connectivity index (χ4n) is 4.65. The Labute approximate surface area is 185 Å². The second-order valence-corrected chi connectivity index (χ2v) is 9.97. The van der Waals surface area contributed by atoms with Crippen molar-refractivity contribution in [2.45, 2.75) is 44.8 Å². The van der Waals surface area contributed by atoms with Crippen molar-refractivity contribution < 1.29 is 4.79 Å². The number of benzene rings is 1. The summed E-state index contributed by atoms with van der Waals surface area (Å²) in [6, 6.07) is 12.8. The molecule has 0 saturated heterocycles. The van der Waals surface area contributed by atoms with Gasteiger partial charge in [-0.15, -0.1) is 11.3 Å². The molecule has 7 heteroatoms. The van der Waals surface area contributed by atoms with Gasteiger partial charge in [0.15, 0.2) is 5.69 Å². The summed E-state index contributed by atoms with van der Waals surface area (Å²) in [6.45, 7) is 2.23. The first-order valence-corrected chi connectivity index (χ1v) is 11.7. The van der Waals surface area contributed by atoms with E-state index in [2.05, 4.69) is 34.7 Å². The summed E-state index contributed by atoms with van der Waals surface area (Å²) in [7, 11) is 1.96. The maximum absolute atomic E-state index is 13.4. The SMILES string of the molecule is Cn1nc(C(=O)N2CCc3ccccc3C2)c2c1CCC(NCc1ccc(Cl)s1)C2. The molecule has 1 N–H and O–H groups in total. The predicted octanol–water partition coefficient (Wildman–Crippen LogP) is 3.98. The lowest BCUT2D eigenvalue weighted by Gasteiger charge is -2.29. The highest BCUT2D eigenvalue weighted by molar-refractivity contribution is 7.16. The van der Waals surface area contributed by atoms with Crippen molar-refractivity contribution in [3.63, 3.8) is 0 Å². The average molecular weight is 441 g/mol. The quantitative estimate of drug-likeness (QED) is 0.667. The second-order valence-electron chi connectivity index (χ2n) is 8.17. The van der Waals surface area contributed by atoms with Crippen LogP contribution in [0.25, 0.3) is 0 Å². The third-order valence-corrected chi connectivity index (χ3v) is 7.50. The lowest BCUT2D eigenvalue weighted by atomic mass is 9.90. The van der Waals surface area contributed by atoms with Crippen molar-refractivity contribution in [2.24, 2.45) is 7.05 Å². The number of hydrogen-bond donors (Lipinski definition) is 1. The number of amides is 1. The molecule has 30 heavy (non-hydrogen) atoms. The van der Waals surface area contributed by atoms with Gasteiger partial charge in [-0.25, -0.2) is 0 Å². The Hall–Kier alpha value is -2.15. The molecule has 2 aliphatic rings. The zero-order chi connectivity index (χ0) is 20.7. The van der Waals surface area contributed by atoms with Gasteiger partial charge in [-0.3, -0.25) is 9.48 Å². The van der Waals surface area contributed by atoms with Crippen LogP contribution >= 0.6 is 22.9 Å². The van der Waals surface area contributed by atoms with E-state index in [0.717, 1.165) is 48.7 Å². The van der Waals surface area contributed by atoms with E-state index >= 15 is 0 Å². The summed E-state index contributed by atoms with van der Waals surface area (Å²) in [4.78, 5) is 16.6. The minimum atomic E-state index is 0.0621. The van der Waals surface area contributed by atoms with Gasteiger partial charge in [-0.05, 0) is 48.9 Å². The van der Waals surface area contributed by atoms with Crippen LogP contribution in [0.15, 0.2) is 36.4 Å². The van der Waals surface area contributed by atoms with Crippen LogP contribution in [0.4, 0.5) is 0 Å². The molecular weight excluding hydrogens is 416 g/mol. The summed E-state index contributed by atoms with van der Waals surface area (Å²) in [5, 5.41) is 8.31. The standard InChI is InChI=1S/C23H25ClN4OS/c1-27-20-8-6-17(25-13-18-7-9-21(24)30-18)12-19(20)22(26-27)23(29)28-11-10-15-4-2-3-5-16(15)14-28/h2-5,7,9,17,25H,6,8,10-14H2,1H3. The van der Waals surface area contributed by atoms with Crippen LogP contribution in [0.5, 0.6) is 0 Å². The molecule has 0 saturated carbocycles. The summed E-state index contributed by atoms with van der Waals surface area (Å²) < 4.78 is 2.73. The van der Waals surface area contributed by atoms with Gasteiger partial charge in [0.25, 0.3) is 5.91 Å². The fraction of sp³-hybridized carbons (Fsp3) is 0.391. The molecule has 1 aliphatic heterocycles. The Morgan fingerprint density at radius 2 is 2.07 bits per heavy atom. The van der Waals surface area contributed by atoms with Crippen molar-refractivity contribution >= 4 is 28.8 Å². The Balaban J connectivity index is 1.32. The van der Waals surface area contributed by atoms with Crippen LogP contribution in [0.1, 0.15) is 44.2 Å². The molecule has 0 fully saturated rings. The molecule has 156 valence electrons. The van der Waals surface area contributed by atoms with Crippen molar-refractivity contribution in [1.82, 2.24) is 20.0 Å². The van der Waals surface area contributed by atoms with Crippen LogP contribution in [0.3, 0.4) is 0 Å². The van der Waals surface area contributed by atoms with E-state index in [-0.39, 0.29) is 5.91 Å². The van der Waals surface area contributed by atoms with E-state index in [1.165, 1.54) is 21.7 Å². The largest absolute Gasteiger partial charge is 0.333 e. The normalized spacial score (nSPS) is 18.2. The summed E-state index contributed by atoms with van der Waals surface area (Å²) >= 11 is 7.66. The molecule has 1 unspecified atom stereocenters.